The van der Waals surface area contributed by atoms with Crippen LogP contribution in [0.5, 0.6) is 5.75 Å². The van der Waals surface area contributed by atoms with Crippen molar-refractivity contribution in [2.75, 3.05) is 19.7 Å². The number of imidazole rings is 1. The summed E-state index contributed by atoms with van der Waals surface area (Å²) in [7, 11) is 0. The Bertz CT molecular complexity index is 1090. The topological polar surface area (TPSA) is 67.1 Å². The molecule has 1 fully saturated rings. The number of fused-ring (bicyclic) bond motifs is 1. The summed E-state index contributed by atoms with van der Waals surface area (Å²) in [5.41, 5.74) is 3.35. The van der Waals surface area contributed by atoms with Crippen LogP contribution in [0.3, 0.4) is 0 Å². The van der Waals surface area contributed by atoms with Crippen LogP contribution >= 0.6 is 27.7 Å². The summed E-state index contributed by atoms with van der Waals surface area (Å²) in [6, 6.07) is 8.24. The van der Waals surface area contributed by atoms with Gasteiger partial charge in [-0.3, -0.25) is 9.30 Å². The lowest BCUT2D eigenvalue weighted by Crippen LogP contribution is -2.19. The number of thioether (sulfide) groups is 1. The molecular formula is C23H26BrN3O3S. The average Bonchev–Trinajstić information content (AvgIpc) is 3.38. The van der Waals surface area contributed by atoms with Gasteiger partial charge in [0.15, 0.2) is 17.1 Å². The van der Waals surface area contributed by atoms with Crippen molar-refractivity contribution in [3.63, 3.8) is 0 Å². The molecule has 0 bridgehead atoms. The number of hydrogen-bond donors (Lipinski definition) is 1. The molecule has 6 nitrogen and oxygen atoms in total. The van der Waals surface area contributed by atoms with Gasteiger partial charge < -0.3 is 9.84 Å². The maximum absolute atomic E-state index is 12.8. The number of benzene rings is 1. The Balaban J connectivity index is 1.72. The molecule has 3 heterocycles. The lowest BCUT2D eigenvalue weighted by Gasteiger charge is -2.17. The van der Waals surface area contributed by atoms with Crippen molar-refractivity contribution in [2.45, 2.75) is 43.9 Å². The van der Waals surface area contributed by atoms with Crippen molar-refractivity contribution in [3.05, 3.63) is 57.4 Å². The number of aryl methyl sites for hydroxylation is 1. The normalized spacial score (nSPS) is 14.4. The number of pyridine rings is 1. The van der Waals surface area contributed by atoms with E-state index >= 15 is 0 Å². The Kier molecular flexibility index (Phi) is 6.89. The number of halogens is 1. The monoisotopic (exact) mass is 503 g/mol. The first kappa shape index (κ1) is 22.2. The number of carbonyl (C=O) groups is 1. The van der Waals surface area contributed by atoms with E-state index in [0.29, 0.717) is 29.3 Å². The summed E-state index contributed by atoms with van der Waals surface area (Å²) in [5, 5.41) is 11.1. The number of nitrogens with zero attached hydrogens (tertiary/aromatic N) is 3. The van der Waals surface area contributed by atoms with Gasteiger partial charge in [-0.1, -0.05) is 17.7 Å². The molecule has 0 radical (unpaired) electrons. The third-order valence-electron chi connectivity index (χ3n) is 5.46. The molecule has 1 saturated heterocycles. The summed E-state index contributed by atoms with van der Waals surface area (Å²) in [5.74, 6) is 0.170. The van der Waals surface area contributed by atoms with Gasteiger partial charge in [0.1, 0.15) is 0 Å². The predicted octanol–water partition coefficient (Wildman–Crippen LogP) is 5.18. The molecule has 0 amide bonds. The minimum absolute atomic E-state index is 0.110. The second-order valence-corrected chi connectivity index (χ2v) is 9.61. The van der Waals surface area contributed by atoms with E-state index in [1.807, 2.05) is 6.20 Å². The van der Waals surface area contributed by atoms with Gasteiger partial charge in [-0.05, 0) is 67.8 Å². The van der Waals surface area contributed by atoms with E-state index in [-0.39, 0.29) is 12.4 Å². The van der Waals surface area contributed by atoms with Crippen LogP contribution in [0.2, 0.25) is 0 Å². The van der Waals surface area contributed by atoms with Gasteiger partial charge in [-0.15, -0.1) is 11.8 Å². The van der Waals surface area contributed by atoms with Crippen molar-refractivity contribution >= 4 is 39.3 Å². The molecule has 1 aromatic carbocycles. The van der Waals surface area contributed by atoms with Gasteiger partial charge in [-0.25, -0.2) is 9.78 Å². The molecule has 0 aliphatic carbocycles. The van der Waals surface area contributed by atoms with E-state index in [0.717, 1.165) is 28.0 Å². The lowest BCUT2D eigenvalue weighted by atomic mass is 10.2. The first-order valence-electron chi connectivity index (χ1n) is 10.5. The molecule has 0 saturated carbocycles. The number of aromatic hydroxyl groups is 1. The summed E-state index contributed by atoms with van der Waals surface area (Å²) in [4.78, 5) is 20.9. The zero-order valence-corrected chi connectivity index (χ0v) is 20.1. The number of esters is 1. The van der Waals surface area contributed by atoms with Crippen LogP contribution in [0.25, 0.3) is 5.65 Å². The first-order chi connectivity index (χ1) is 15.0. The van der Waals surface area contributed by atoms with Crippen molar-refractivity contribution in [1.82, 2.24) is 14.3 Å². The summed E-state index contributed by atoms with van der Waals surface area (Å²) < 4.78 is 7.71. The number of likely N-dealkylation sites (tertiary alicyclic amines) is 1. The Morgan fingerprint density at radius 3 is 2.65 bits per heavy atom. The zero-order valence-electron chi connectivity index (χ0n) is 17.7. The molecule has 1 aliphatic heterocycles. The molecule has 4 rings (SSSR count). The third kappa shape index (κ3) is 4.76. The largest absolute Gasteiger partial charge is 0.504 e. The van der Waals surface area contributed by atoms with Crippen LogP contribution in [0.1, 0.15) is 47.1 Å². The van der Waals surface area contributed by atoms with Crippen LogP contribution in [-0.4, -0.2) is 45.1 Å². The molecule has 2 aromatic heterocycles. The fourth-order valence-electron chi connectivity index (χ4n) is 3.83. The van der Waals surface area contributed by atoms with E-state index in [9.17, 15) is 9.90 Å². The highest BCUT2D eigenvalue weighted by Gasteiger charge is 2.26. The molecule has 8 heteroatoms. The third-order valence-corrected chi connectivity index (χ3v) is 7.16. The highest BCUT2D eigenvalue weighted by Crippen LogP contribution is 2.35. The minimum Gasteiger partial charge on any atom is -0.504 e. The molecule has 164 valence electrons. The lowest BCUT2D eigenvalue weighted by molar-refractivity contribution is 0.0517. The van der Waals surface area contributed by atoms with Crippen LogP contribution < -0.4 is 0 Å². The van der Waals surface area contributed by atoms with E-state index in [4.69, 9.17) is 4.74 Å². The Hall–Kier alpha value is -2.03. The number of carbonyl (C=O) groups excluding carboxylic acids is 1. The van der Waals surface area contributed by atoms with Crippen molar-refractivity contribution in [1.29, 1.82) is 0 Å². The standard InChI is InChI=1S/C23H26BrN3O3S/c1-3-30-23(29)20-19(14-31-16-8-6-15(2)7-9-16)25-22-21(28)17(18(24)13-27(20)22)12-26-10-4-5-11-26/h6-9,13,28H,3-5,10-12,14H2,1-2H3. The SMILES string of the molecule is CCOC(=O)c1c(CSc2ccc(C)cc2)nc2c(O)c(CN3CCCC3)c(Br)cn12. The second-order valence-electron chi connectivity index (χ2n) is 7.71. The molecule has 0 atom stereocenters. The van der Waals surface area contributed by atoms with Crippen molar-refractivity contribution < 1.29 is 14.6 Å². The number of aromatic nitrogens is 2. The quantitative estimate of drug-likeness (QED) is 0.354. The molecule has 1 aliphatic rings. The van der Waals surface area contributed by atoms with Crippen LogP contribution in [0, 0.1) is 6.92 Å². The van der Waals surface area contributed by atoms with E-state index in [1.165, 1.54) is 18.4 Å². The zero-order chi connectivity index (χ0) is 22.0. The summed E-state index contributed by atoms with van der Waals surface area (Å²) >= 11 is 5.20. The van der Waals surface area contributed by atoms with Gasteiger partial charge >= 0.3 is 5.97 Å². The minimum atomic E-state index is -0.437. The predicted molar refractivity (Wildman–Crippen MR) is 126 cm³/mol. The van der Waals surface area contributed by atoms with Crippen LogP contribution in [0.15, 0.2) is 39.8 Å². The molecular weight excluding hydrogens is 478 g/mol. The fraction of sp³-hybridized carbons (Fsp3) is 0.391. The molecule has 0 spiro atoms. The number of ether oxygens (including phenoxy) is 1. The number of rotatable bonds is 7. The van der Waals surface area contributed by atoms with Gasteiger partial charge in [0.05, 0.1) is 12.3 Å². The van der Waals surface area contributed by atoms with Crippen molar-refractivity contribution in [2.24, 2.45) is 0 Å². The van der Waals surface area contributed by atoms with E-state index in [2.05, 4.69) is 57.0 Å². The Morgan fingerprint density at radius 1 is 1.26 bits per heavy atom. The maximum atomic E-state index is 12.8. The van der Waals surface area contributed by atoms with E-state index in [1.54, 1.807) is 23.1 Å². The van der Waals surface area contributed by atoms with E-state index < -0.39 is 5.97 Å². The van der Waals surface area contributed by atoms with Gasteiger partial charge in [-0.2, -0.15) is 0 Å². The Morgan fingerprint density at radius 2 is 1.97 bits per heavy atom. The molecule has 0 unspecified atom stereocenters. The maximum Gasteiger partial charge on any atom is 0.357 e. The fourth-order valence-corrected chi connectivity index (χ4v) is 5.18. The highest BCUT2D eigenvalue weighted by atomic mass is 79.9. The van der Waals surface area contributed by atoms with Crippen molar-refractivity contribution in [3.8, 4) is 5.75 Å². The summed E-state index contributed by atoms with van der Waals surface area (Å²) in [6.07, 6.45) is 4.18. The van der Waals surface area contributed by atoms with Gasteiger partial charge in [0, 0.05) is 33.4 Å². The molecule has 1 N–H and O–H groups in total. The smallest absolute Gasteiger partial charge is 0.357 e. The average molecular weight is 504 g/mol. The van der Waals surface area contributed by atoms with Gasteiger partial charge in [0.2, 0.25) is 0 Å². The van der Waals surface area contributed by atoms with Gasteiger partial charge in [0.25, 0.3) is 0 Å². The second kappa shape index (κ2) is 9.63. The Labute approximate surface area is 194 Å². The first-order valence-corrected chi connectivity index (χ1v) is 12.3. The molecule has 31 heavy (non-hydrogen) atoms. The van der Waals surface area contributed by atoms with Crippen LogP contribution in [-0.2, 0) is 17.0 Å². The number of hydrogen-bond acceptors (Lipinski definition) is 6. The molecule has 3 aromatic rings. The van der Waals surface area contributed by atoms with Crippen LogP contribution in [0.4, 0.5) is 0 Å². The summed E-state index contributed by atoms with van der Waals surface area (Å²) in [6.45, 7) is 6.81. The highest BCUT2D eigenvalue weighted by molar-refractivity contribution is 9.10.